The van der Waals surface area contributed by atoms with Crippen LogP contribution in [0.4, 0.5) is 0 Å². The maximum atomic E-state index is 12.4. The van der Waals surface area contributed by atoms with Crippen molar-refractivity contribution in [3.05, 3.63) is 65.7 Å². The van der Waals surface area contributed by atoms with Gasteiger partial charge in [-0.25, -0.2) is 8.42 Å². The molecule has 2 aromatic rings. The summed E-state index contributed by atoms with van der Waals surface area (Å²) in [6.07, 6.45) is 1.96. The Balaban J connectivity index is 1.81. The van der Waals surface area contributed by atoms with Crippen LogP contribution >= 0.6 is 0 Å². The first kappa shape index (κ1) is 17.6. The molecule has 1 N–H and O–H groups in total. The van der Waals surface area contributed by atoms with Crippen LogP contribution in [0.25, 0.3) is 0 Å². The molecule has 25 heavy (non-hydrogen) atoms. The first-order valence-corrected chi connectivity index (χ1v) is 10.2. The van der Waals surface area contributed by atoms with Crippen LogP contribution in [0.15, 0.2) is 59.5 Å². The van der Waals surface area contributed by atoms with E-state index in [2.05, 4.69) is 17.4 Å². The van der Waals surface area contributed by atoms with Crippen LogP contribution < -0.4 is 5.32 Å². The number of carbonyl (C=O) groups excluding carboxylic acids is 1. The van der Waals surface area contributed by atoms with Crippen molar-refractivity contribution in [1.29, 1.82) is 0 Å². The highest BCUT2D eigenvalue weighted by molar-refractivity contribution is 7.90. The maximum Gasteiger partial charge on any atom is 0.237 e. The van der Waals surface area contributed by atoms with E-state index < -0.39 is 9.84 Å². The number of amides is 1. The molecular formula is C19H22N2O3S. The van der Waals surface area contributed by atoms with E-state index in [0.717, 1.165) is 18.5 Å². The van der Waals surface area contributed by atoms with E-state index in [4.69, 9.17) is 0 Å². The lowest BCUT2D eigenvalue weighted by molar-refractivity contribution is -0.135. The van der Waals surface area contributed by atoms with Crippen LogP contribution in [0.5, 0.6) is 0 Å². The molecule has 1 saturated heterocycles. The summed E-state index contributed by atoms with van der Waals surface area (Å²) in [6.45, 7) is 1.46. The van der Waals surface area contributed by atoms with Gasteiger partial charge in [-0.1, -0.05) is 42.5 Å². The molecule has 3 rings (SSSR count). The number of hydrogen-bond acceptors (Lipinski definition) is 4. The molecule has 1 heterocycles. The van der Waals surface area contributed by atoms with E-state index in [1.807, 2.05) is 29.2 Å². The second-order valence-electron chi connectivity index (χ2n) is 6.42. The van der Waals surface area contributed by atoms with Gasteiger partial charge in [-0.05, 0) is 29.7 Å². The van der Waals surface area contributed by atoms with E-state index in [1.165, 1.54) is 11.8 Å². The number of nitrogens with one attached hydrogen (secondary N) is 1. The molecule has 0 spiro atoms. The largest absolute Gasteiger partial charge is 0.333 e. The van der Waals surface area contributed by atoms with Crippen LogP contribution in [0.3, 0.4) is 0 Å². The summed E-state index contributed by atoms with van der Waals surface area (Å²) in [5.41, 5.74) is 2.01. The molecule has 1 aliphatic heterocycles. The first-order chi connectivity index (χ1) is 11.9. The molecule has 1 amide bonds. The molecular weight excluding hydrogens is 336 g/mol. The van der Waals surface area contributed by atoms with Crippen molar-refractivity contribution in [2.24, 2.45) is 0 Å². The Morgan fingerprint density at radius 1 is 1.08 bits per heavy atom. The predicted octanol–water partition coefficient (Wildman–Crippen LogP) is 1.63. The molecule has 0 aliphatic carbocycles. The van der Waals surface area contributed by atoms with Gasteiger partial charge in [0.15, 0.2) is 9.84 Å². The van der Waals surface area contributed by atoms with Crippen molar-refractivity contribution in [3.63, 3.8) is 0 Å². The van der Waals surface area contributed by atoms with Crippen molar-refractivity contribution in [3.8, 4) is 0 Å². The Labute approximate surface area is 148 Å². The quantitative estimate of drug-likeness (QED) is 0.882. The zero-order chi connectivity index (χ0) is 17.9. The molecule has 5 nitrogen and oxygen atoms in total. The molecule has 1 fully saturated rings. The van der Waals surface area contributed by atoms with Gasteiger partial charge in [0.25, 0.3) is 0 Å². The van der Waals surface area contributed by atoms with E-state index in [9.17, 15) is 13.2 Å². The number of nitrogens with zero attached hydrogens (tertiary/aromatic N) is 1. The lowest BCUT2D eigenvalue weighted by Gasteiger charge is -2.36. The van der Waals surface area contributed by atoms with Crippen molar-refractivity contribution in [2.45, 2.75) is 23.9 Å². The van der Waals surface area contributed by atoms with Crippen molar-refractivity contribution >= 4 is 15.7 Å². The van der Waals surface area contributed by atoms with Crippen LogP contribution in [0, 0.1) is 0 Å². The van der Waals surface area contributed by atoms with Crippen molar-refractivity contribution < 1.29 is 13.2 Å². The van der Waals surface area contributed by atoms with Gasteiger partial charge in [0.1, 0.15) is 0 Å². The van der Waals surface area contributed by atoms with Gasteiger partial charge in [-0.15, -0.1) is 0 Å². The summed E-state index contributed by atoms with van der Waals surface area (Å²) in [5.74, 6) is 0.0388. The fraction of sp³-hybridized carbons (Fsp3) is 0.316. The van der Waals surface area contributed by atoms with Crippen LogP contribution in [0.2, 0.25) is 0 Å². The minimum absolute atomic E-state index is 0.0388. The summed E-state index contributed by atoms with van der Waals surface area (Å²) in [7, 11) is -3.26. The van der Waals surface area contributed by atoms with E-state index in [0.29, 0.717) is 13.1 Å². The normalized spacial score (nSPS) is 18.4. The van der Waals surface area contributed by atoms with Crippen molar-refractivity contribution in [1.82, 2.24) is 10.2 Å². The third kappa shape index (κ3) is 4.46. The molecule has 2 aromatic carbocycles. The Kier molecular flexibility index (Phi) is 5.20. The minimum Gasteiger partial charge on any atom is -0.333 e. The monoisotopic (exact) mass is 358 g/mol. The lowest BCUT2D eigenvalue weighted by atomic mass is 10.0. The number of sulfone groups is 1. The summed E-state index contributed by atoms with van der Waals surface area (Å²) in [5, 5.41) is 3.17. The Morgan fingerprint density at radius 3 is 2.52 bits per heavy atom. The molecule has 0 saturated carbocycles. The number of carbonyl (C=O) groups is 1. The molecule has 6 heteroatoms. The highest BCUT2D eigenvalue weighted by Crippen LogP contribution is 2.18. The molecule has 0 bridgehead atoms. The van der Waals surface area contributed by atoms with Gasteiger partial charge in [0.2, 0.25) is 5.91 Å². The molecule has 1 aliphatic rings. The molecule has 1 atom stereocenters. The fourth-order valence-corrected chi connectivity index (χ4v) is 3.81. The average Bonchev–Trinajstić information content (AvgIpc) is 2.58. The zero-order valence-corrected chi connectivity index (χ0v) is 15.0. The summed E-state index contributed by atoms with van der Waals surface area (Å²) >= 11 is 0. The third-order valence-electron chi connectivity index (χ3n) is 4.41. The summed E-state index contributed by atoms with van der Waals surface area (Å²) < 4.78 is 23.5. The standard InChI is InChI=1S/C19H22N2O3S/c1-25(23,24)18-9-5-8-16(11-18)14-21-17(12-20-13-19(21)22)10-15-6-3-2-4-7-15/h2-9,11,17,20H,10,12-14H2,1H3/t17-/m0/s1. The first-order valence-electron chi connectivity index (χ1n) is 8.26. The van der Waals surface area contributed by atoms with Crippen molar-refractivity contribution in [2.75, 3.05) is 19.3 Å². The summed E-state index contributed by atoms with van der Waals surface area (Å²) in [6, 6.07) is 17.0. The van der Waals surface area contributed by atoms with Gasteiger partial charge in [0.05, 0.1) is 11.4 Å². The third-order valence-corrected chi connectivity index (χ3v) is 5.52. The zero-order valence-electron chi connectivity index (χ0n) is 14.2. The second-order valence-corrected chi connectivity index (χ2v) is 8.43. The van der Waals surface area contributed by atoms with E-state index >= 15 is 0 Å². The topological polar surface area (TPSA) is 66.5 Å². The highest BCUT2D eigenvalue weighted by Gasteiger charge is 2.28. The Morgan fingerprint density at radius 2 is 1.80 bits per heavy atom. The van der Waals surface area contributed by atoms with Gasteiger partial charge < -0.3 is 10.2 Å². The molecule has 0 aromatic heterocycles. The minimum atomic E-state index is -3.26. The van der Waals surface area contributed by atoms with Crippen LogP contribution in [0.1, 0.15) is 11.1 Å². The number of rotatable bonds is 5. The number of benzene rings is 2. The lowest BCUT2D eigenvalue weighted by Crippen LogP contribution is -2.55. The second kappa shape index (κ2) is 7.37. The smallest absolute Gasteiger partial charge is 0.237 e. The number of hydrogen-bond donors (Lipinski definition) is 1. The molecule has 0 radical (unpaired) electrons. The van der Waals surface area contributed by atoms with Gasteiger partial charge in [-0.3, -0.25) is 4.79 Å². The van der Waals surface area contributed by atoms with Gasteiger partial charge >= 0.3 is 0 Å². The van der Waals surface area contributed by atoms with Gasteiger partial charge in [0, 0.05) is 25.4 Å². The van der Waals surface area contributed by atoms with Crippen LogP contribution in [-0.4, -0.2) is 44.6 Å². The number of piperazine rings is 1. The Hall–Kier alpha value is -2.18. The molecule has 132 valence electrons. The SMILES string of the molecule is CS(=O)(=O)c1cccc(CN2C(=O)CNC[C@@H]2Cc2ccccc2)c1. The van der Waals surface area contributed by atoms with E-state index in [-0.39, 0.29) is 16.8 Å². The van der Waals surface area contributed by atoms with Gasteiger partial charge in [-0.2, -0.15) is 0 Å². The average molecular weight is 358 g/mol. The Bertz CT molecular complexity index is 850. The highest BCUT2D eigenvalue weighted by atomic mass is 32.2. The van der Waals surface area contributed by atoms with E-state index in [1.54, 1.807) is 18.2 Å². The summed E-state index contributed by atoms with van der Waals surface area (Å²) in [4.78, 5) is 14.6. The fourth-order valence-electron chi connectivity index (χ4n) is 3.12. The van der Waals surface area contributed by atoms with Crippen LogP contribution in [-0.2, 0) is 27.6 Å². The predicted molar refractivity (Wildman–Crippen MR) is 96.9 cm³/mol. The molecule has 0 unspecified atom stereocenters. The maximum absolute atomic E-state index is 12.4.